The highest BCUT2D eigenvalue weighted by Gasteiger charge is 2.20. The predicted octanol–water partition coefficient (Wildman–Crippen LogP) is 4.66. The highest BCUT2D eigenvalue weighted by molar-refractivity contribution is 6.33. The standard InChI is InChI=1S/C18H15ClN2O2/c1-2-21(13-6-5-11-20-12-13)18(22)17-10-9-16(23-17)14-7-3-4-8-15(14)19/h3-12H,2H2,1H3. The second-order valence-corrected chi connectivity index (χ2v) is 5.31. The molecule has 0 radical (unpaired) electrons. The fraction of sp³-hybridized carbons (Fsp3) is 0.111. The van der Waals surface area contributed by atoms with Crippen molar-refractivity contribution < 1.29 is 9.21 Å². The fourth-order valence-corrected chi connectivity index (χ4v) is 2.58. The van der Waals surface area contributed by atoms with Gasteiger partial charge in [0.25, 0.3) is 5.91 Å². The molecule has 0 spiro atoms. The molecule has 0 N–H and O–H groups in total. The Hall–Kier alpha value is -2.59. The summed E-state index contributed by atoms with van der Waals surface area (Å²) < 4.78 is 5.72. The molecule has 23 heavy (non-hydrogen) atoms. The van der Waals surface area contributed by atoms with E-state index in [0.717, 1.165) is 11.3 Å². The second-order valence-electron chi connectivity index (χ2n) is 4.90. The van der Waals surface area contributed by atoms with Crippen molar-refractivity contribution >= 4 is 23.2 Å². The van der Waals surface area contributed by atoms with Gasteiger partial charge in [-0.05, 0) is 43.3 Å². The zero-order chi connectivity index (χ0) is 16.2. The Morgan fingerprint density at radius 2 is 2.00 bits per heavy atom. The zero-order valence-corrected chi connectivity index (χ0v) is 13.3. The van der Waals surface area contributed by atoms with Crippen LogP contribution in [0.15, 0.2) is 65.3 Å². The second kappa shape index (κ2) is 6.67. The van der Waals surface area contributed by atoms with Gasteiger partial charge in [-0.2, -0.15) is 0 Å². The molecular formula is C18H15ClN2O2. The van der Waals surface area contributed by atoms with Gasteiger partial charge in [0.2, 0.25) is 0 Å². The minimum atomic E-state index is -0.209. The van der Waals surface area contributed by atoms with Gasteiger partial charge in [-0.3, -0.25) is 9.78 Å². The Morgan fingerprint density at radius 3 is 2.70 bits per heavy atom. The molecule has 4 nitrogen and oxygen atoms in total. The van der Waals surface area contributed by atoms with Crippen LogP contribution in [-0.2, 0) is 0 Å². The first-order chi connectivity index (χ1) is 11.2. The third-order valence-electron chi connectivity index (χ3n) is 3.48. The molecule has 0 aliphatic heterocycles. The van der Waals surface area contributed by atoms with Crippen molar-refractivity contribution in [1.82, 2.24) is 4.98 Å². The summed E-state index contributed by atoms with van der Waals surface area (Å²) >= 11 is 6.17. The van der Waals surface area contributed by atoms with E-state index in [1.807, 2.05) is 31.2 Å². The number of anilines is 1. The zero-order valence-electron chi connectivity index (χ0n) is 12.6. The van der Waals surface area contributed by atoms with Crippen LogP contribution >= 0.6 is 11.6 Å². The van der Waals surface area contributed by atoms with E-state index >= 15 is 0 Å². The molecule has 2 heterocycles. The third kappa shape index (κ3) is 3.12. The van der Waals surface area contributed by atoms with Crippen LogP contribution in [0.25, 0.3) is 11.3 Å². The monoisotopic (exact) mass is 326 g/mol. The minimum absolute atomic E-state index is 0.209. The molecule has 0 saturated carbocycles. The van der Waals surface area contributed by atoms with E-state index < -0.39 is 0 Å². The molecule has 0 unspecified atom stereocenters. The van der Waals surface area contributed by atoms with Crippen molar-refractivity contribution in [1.29, 1.82) is 0 Å². The summed E-state index contributed by atoms with van der Waals surface area (Å²) in [6.45, 7) is 2.43. The van der Waals surface area contributed by atoms with Gasteiger partial charge in [-0.1, -0.05) is 23.7 Å². The summed E-state index contributed by atoms with van der Waals surface area (Å²) in [5.74, 6) is 0.630. The van der Waals surface area contributed by atoms with Crippen molar-refractivity contribution in [3.05, 3.63) is 71.7 Å². The van der Waals surface area contributed by atoms with Gasteiger partial charge in [0.05, 0.1) is 16.9 Å². The highest BCUT2D eigenvalue weighted by Crippen LogP contribution is 2.29. The topological polar surface area (TPSA) is 46.3 Å². The molecule has 2 aromatic heterocycles. The summed E-state index contributed by atoms with van der Waals surface area (Å²) in [6.07, 6.45) is 3.32. The number of pyridine rings is 1. The first-order valence-corrected chi connectivity index (χ1v) is 7.65. The van der Waals surface area contributed by atoms with Gasteiger partial charge < -0.3 is 9.32 Å². The van der Waals surface area contributed by atoms with E-state index in [-0.39, 0.29) is 11.7 Å². The summed E-state index contributed by atoms with van der Waals surface area (Å²) in [7, 11) is 0. The SMILES string of the molecule is CCN(C(=O)c1ccc(-c2ccccc2Cl)o1)c1cccnc1. The predicted molar refractivity (Wildman–Crippen MR) is 90.7 cm³/mol. The fourth-order valence-electron chi connectivity index (χ4n) is 2.35. The van der Waals surface area contributed by atoms with Gasteiger partial charge >= 0.3 is 0 Å². The number of carbonyl (C=O) groups excluding carboxylic acids is 1. The van der Waals surface area contributed by atoms with Crippen molar-refractivity contribution in [2.45, 2.75) is 6.92 Å². The number of benzene rings is 1. The number of rotatable bonds is 4. The quantitative estimate of drug-likeness (QED) is 0.700. The molecule has 0 atom stereocenters. The molecule has 0 fully saturated rings. The molecule has 0 bridgehead atoms. The van der Waals surface area contributed by atoms with Crippen LogP contribution in [0, 0.1) is 0 Å². The van der Waals surface area contributed by atoms with E-state index in [1.165, 1.54) is 0 Å². The largest absolute Gasteiger partial charge is 0.451 e. The molecule has 3 rings (SSSR count). The lowest BCUT2D eigenvalue weighted by Crippen LogP contribution is -2.30. The smallest absolute Gasteiger partial charge is 0.294 e. The Morgan fingerprint density at radius 1 is 1.17 bits per heavy atom. The van der Waals surface area contributed by atoms with Crippen molar-refractivity contribution in [2.75, 3.05) is 11.4 Å². The van der Waals surface area contributed by atoms with Gasteiger partial charge in [-0.25, -0.2) is 0 Å². The Balaban J connectivity index is 1.91. The molecule has 116 valence electrons. The summed E-state index contributed by atoms with van der Waals surface area (Å²) in [5, 5.41) is 0.584. The van der Waals surface area contributed by atoms with E-state index in [2.05, 4.69) is 4.98 Å². The van der Waals surface area contributed by atoms with E-state index in [1.54, 1.807) is 41.6 Å². The minimum Gasteiger partial charge on any atom is -0.451 e. The number of halogens is 1. The molecule has 0 saturated heterocycles. The number of hydrogen-bond acceptors (Lipinski definition) is 3. The van der Waals surface area contributed by atoms with Gasteiger partial charge in [0.1, 0.15) is 5.76 Å². The number of hydrogen-bond donors (Lipinski definition) is 0. The van der Waals surface area contributed by atoms with Crippen LogP contribution in [0.2, 0.25) is 5.02 Å². The first kappa shape index (κ1) is 15.3. The molecule has 1 aromatic carbocycles. The Labute approximate surface area is 139 Å². The maximum atomic E-state index is 12.7. The van der Waals surface area contributed by atoms with Crippen LogP contribution in [0.4, 0.5) is 5.69 Å². The third-order valence-corrected chi connectivity index (χ3v) is 3.80. The summed E-state index contributed by atoms with van der Waals surface area (Å²) in [6, 6.07) is 14.4. The maximum absolute atomic E-state index is 12.7. The van der Waals surface area contributed by atoms with Crippen molar-refractivity contribution in [3.63, 3.8) is 0 Å². The molecule has 3 aromatic rings. The molecule has 5 heteroatoms. The van der Waals surface area contributed by atoms with E-state index in [0.29, 0.717) is 17.3 Å². The Kier molecular flexibility index (Phi) is 4.44. The molecule has 0 aliphatic rings. The summed E-state index contributed by atoms with van der Waals surface area (Å²) in [4.78, 5) is 18.3. The molecule has 1 amide bonds. The number of furan rings is 1. The van der Waals surface area contributed by atoms with E-state index in [4.69, 9.17) is 16.0 Å². The molecular weight excluding hydrogens is 312 g/mol. The van der Waals surface area contributed by atoms with Crippen LogP contribution in [-0.4, -0.2) is 17.4 Å². The van der Waals surface area contributed by atoms with Crippen molar-refractivity contribution in [2.24, 2.45) is 0 Å². The maximum Gasteiger partial charge on any atom is 0.294 e. The number of nitrogens with zero attached hydrogens (tertiary/aromatic N) is 2. The average molecular weight is 327 g/mol. The van der Waals surface area contributed by atoms with E-state index in [9.17, 15) is 4.79 Å². The lowest BCUT2D eigenvalue weighted by atomic mass is 10.2. The van der Waals surface area contributed by atoms with Gasteiger partial charge in [0, 0.05) is 18.3 Å². The van der Waals surface area contributed by atoms with Crippen LogP contribution in [0.1, 0.15) is 17.5 Å². The summed E-state index contributed by atoms with van der Waals surface area (Å²) in [5.41, 5.74) is 1.49. The highest BCUT2D eigenvalue weighted by atomic mass is 35.5. The lowest BCUT2D eigenvalue weighted by Gasteiger charge is -2.19. The van der Waals surface area contributed by atoms with Crippen LogP contribution in [0.5, 0.6) is 0 Å². The average Bonchev–Trinajstić information content (AvgIpc) is 3.06. The van der Waals surface area contributed by atoms with Crippen LogP contribution < -0.4 is 4.90 Å². The first-order valence-electron chi connectivity index (χ1n) is 7.27. The number of aromatic nitrogens is 1. The Bertz CT molecular complexity index is 815. The number of carbonyl (C=O) groups is 1. The van der Waals surface area contributed by atoms with Gasteiger partial charge in [-0.15, -0.1) is 0 Å². The number of amides is 1. The normalized spacial score (nSPS) is 10.5. The van der Waals surface area contributed by atoms with Gasteiger partial charge in [0.15, 0.2) is 5.76 Å². The molecule has 0 aliphatic carbocycles. The van der Waals surface area contributed by atoms with Crippen molar-refractivity contribution in [3.8, 4) is 11.3 Å². The lowest BCUT2D eigenvalue weighted by molar-refractivity contribution is 0.0962. The van der Waals surface area contributed by atoms with Crippen LogP contribution in [0.3, 0.4) is 0 Å².